The Morgan fingerprint density at radius 3 is 2.48 bits per heavy atom. The lowest BCUT2D eigenvalue weighted by Crippen LogP contribution is -2.52. The molecule has 0 spiro atoms. The third kappa shape index (κ3) is 5.74. The van der Waals surface area contributed by atoms with E-state index in [1.807, 2.05) is 20.8 Å². The van der Waals surface area contributed by atoms with Crippen LogP contribution in [0.4, 0.5) is 13.6 Å². The predicted molar refractivity (Wildman–Crippen MR) is 112 cm³/mol. The number of oxime groups is 1. The number of ether oxygens (including phenoxy) is 1. The molecule has 3 aliphatic rings. The van der Waals surface area contributed by atoms with Crippen LogP contribution in [0.15, 0.2) is 17.1 Å². The Morgan fingerprint density at radius 1 is 1.26 bits per heavy atom. The van der Waals surface area contributed by atoms with Crippen LogP contribution in [-0.4, -0.2) is 71.1 Å². The van der Waals surface area contributed by atoms with Crippen molar-refractivity contribution in [3.8, 4) is 0 Å². The van der Waals surface area contributed by atoms with E-state index in [0.717, 1.165) is 6.08 Å². The number of alkyl halides is 1. The topological polar surface area (TPSA) is 71.4 Å². The Hall–Kier alpha value is -2.19. The Kier molecular flexibility index (Phi) is 6.62. The van der Waals surface area contributed by atoms with Gasteiger partial charge in [-0.2, -0.15) is 0 Å². The summed E-state index contributed by atoms with van der Waals surface area (Å²) in [6.07, 6.45) is 1.03. The molecule has 9 heteroatoms. The molecule has 2 aliphatic heterocycles. The van der Waals surface area contributed by atoms with Crippen molar-refractivity contribution in [1.29, 1.82) is 0 Å². The van der Waals surface area contributed by atoms with Crippen LogP contribution >= 0.6 is 0 Å². The number of halogens is 2. The first-order chi connectivity index (χ1) is 14.4. The molecule has 0 bridgehead atoms. The molecule has 0 aromatic carbocycles. The molecular weight excluding hydrogens is 408 g/mol. The lowest BCUT2D eigenvalue weighted by atomic mass is 9.74. The number of carbonyl (C=O) groups excluding carboxylic acids is 2. The molecule has 2 amide bonds. The highest BCUT2D eigenvalue weighted by Crippen LogP contribution is 2.41. The van der Waals surface area contributed by atoms with Gasteiger partial charge in [0.05, 0.1) is 12.1 Å². The number of amides is 2. The number of rotatable bonds is 3. The second kappa shape index (κ2) is 8.74. The van der Waals surface area contributed by atoms with Crippen molar-refractivity contribution in [3.63, 3.8) is 0 Å². The molecule has 4 atom stereocenters. The van der Waals surface area contributed by atoms with Crippen LogP contribution in [0, 0.1) is 11.8 Å². The largest absolute Gasteiger partial charge is 0.444 e. The van der Waals surface area contributed by atoms with Gasteiger partial charge in [-0.3, -0.25) is 4.79 Å². The lowest BCUT2D eigenvalue weighted by molar-refractivity contribution is -0.135. The number of carbonyl (C=O) groups is 2. The molecule has 0 aromatic rings. The van der Waals surface area contributed by atoms with Gasteiger partial charge in [0.25, 0.3) is 0 Å². The quantitative estimate of drug-likeness (QED) is 0.667. The molecule has 0 aromatic heterocycles. The van der Waals surface area contributed by atoms with E-state index in [4.69, 9.17) is 9.57 Å². The lowest BCUT2D eigenvalue weighted by Gasteiger charge is -2.36. The number of hydrogen-bond donors (Lipinski definition) is 0. The first-order valence-corrected chi connectivity index (χ1v) is 10.9. The van der Waals surface area contributed by atoms with Crippen LogP contribution in [0.5, 0.6) is 0 Å². The molecule has 31 heavy (non-hydrogen) atoms. The SMILES string of the molecule is CC1CC(C2=NOC(CC(=O)N3CCN(C(=O)OC(C)(C)C)CC3)C2)C(C)(F)C=C1F. The summed E-state index contributed by atoms with van der Waals surface area (Å²) >= 11 is 0. The van der Waals surface area contributed by atoms with Gasteiger partial charge in [0.15, 0.2) is 0 Å². The van der Waals surface area contributed by atoms with Crippen molar-refractivity contribution in [2.75, 3.05) is 26.2 Å². The molecule has 1 aliphatic carbocycles. The van der Waals surface area contributed by atoms with Crippen LogP contribution in [0.1, 0.15) is 53.9 Å². The molecule has 0 N–H and O–H groups in total. The normalized spacial score (nSPS) is 31.6. The minimum absolute atomic E-state index is 0.0868. The highest BCUT2D eigenvalue weighted by molar-refractivity contribution is 5.90. The zero-order valence-electron chi connectivity index (χ0n) is 19.0. The fourth-order valence-corrected chi connectivity index (χ4v) is 4.22. The molecule has 2 heterocycles. The zero-order chi connectivity index (χ0) is 23.0. The van der Waals surface area contributed by atoms with Gasteiger partial charge in [0.2, 0.25) is 5.91 Å². The van der Waals surface area contributed by atoms with Crippen molar-refractivity contribution in [1.82, 2.24) is 9.80 Å². The number of hydrogen-bond acceptors (Lipinski definition) is 5. The maximum absolute atomic E-state index is 14.9. The summed E-state index contributed by atoms with van der Waals surface area (Å²) in [5.74, 6) is -1.44. The van der Waals surface area contributed by atoms with Crippen LogP contribution in [0.3, 0.4) is 0 Å². The summed E-state index contributed by atoms with van der Waals surface area (Å²) < 4.78 is 34.1. The summed E-state index contributed by atoms with van der Waals surface area (Å²) in [6, 6.07) is 0. The molecule has 1 saturated heterocycles. The van der Waals surface area contributed by atoms with Gasteiger partial charge in [-0.05, 0) is 40.2 Å². The van der Waals surface area contributed by atoms with Crippen LogP contribution in [-0.2, 0) is 14.4 Å². The van der Waals surface area contributed by atoms with Crippen molar-refractivity contribution < 1.29 is 27.9 Å². The Balaban J connectivity index is 1.47. The number of piperazine rings is 1. The Bertz CT molecular complexity index is 767. The van der Waals surface area contributed by atoms with Crippen LogP contribution in [0.25, 0.3) is 0 Å². The van der Waals surface area contributed by atoms with Gasteiger partial charge in [0.1, 0.15) is 23.2 Å². The van der Waals surface area contributed by atoms with E-state index in [9.17, 15) is 18.4 Å². The molecule has 1 fully saturated rings. The average molecular weight is 442 g/mol. The minimum Gasteiger partial charge on any atom is -0.444 e. The van der Waals surface area contributed by atoms with Gasteiger partial charge in [-0.25, -0.2) is 13.6 Å². The molecule has 0 saturated carbocycles. The van der Waals surface area contributed by atoms with Crippen molar-refractivity contribution in [3.05, 3.63) is 11.9 Å². The predicted octanol–water partition coefficient (Wildman–Crippen LogP) is 3.84. The van der Waals surface area contributed by atoms with Crippen LogP contribution in [0.2, 0.25) is 0 Å². The maximum atomic E-state index is 14.9. The second-order valence-electron chi connectivity index (χ2n) is 9.94. The van der Waals surface area contributed by atoms with Crippen molar-refractivity contribution >= 4 is 17.7 Å². The van der Waals surface area contributed by atoms with E-state index < -0.39 is 29.1 Å². The smallest absolute Gasteiger partial charge is 0.410 e. The fraction of sp³-hybridized carbons (Fsp3) is 0.773. The Morgan fingerprint density at radius 2 is 1.87 bits per heavy atom. The van der Waals surface area contributed by atoms with E-state index in [0.29, 0.717) is 44.7 Å². The molecule has 7 nitrogen and oxygen atoms in total. The molecule has 0 radical (unpaired) electrons. The highest BCUT2D eigenvalue weighted by atomic mass is 19.1. The summed E-state index contributed by atoms with van der Waals surface area (Å²) in [7, 11) is 0. The van der Waals surface area contributed by atoms with Gasteiger partial charge in [0, 0.05) is 44.4 Å². The monoisotopic (exact) mass is 441 g/mol. The van der Waals surface area contributed by atoms with Crippen LogP contribution < -0.4 is 0 Å². The first kappa shape index (κ1) is 23.5. The third-order valence-electron chi connectivity index (χ3n) is 6.01. The maximum Gasteiger partial charge on any atom is 0.410 e. The van der Waals surface area contributed by atoms with Crippen molar-refractivity contribution in [2.24, 2.45) is 17.0 Å². The number of allylic oxidation sites excluding steroid dienone is 2. The summed E-state index contributed by atoms with van der Waals surface area (Å²) in [4.78, 5) is 33.6. The van der Waals surface area contributed by atoms with E-state index in [2.05, 4.69) is 5.16 Å². The van der Waals surface area contributed by atoms with E-state index in [1.54, 1.807) is 16.7 Å². The van der Waals surface area contributed by atoms with E-state index in [1.165, 1.54) is 6.92 Å². The van der Waals surface area contributed by atoms with Gasteiger partial charge < -0.3 is 19.4 Å². The zero-order valence-corrected chi connectivity index (χ0v) is 19.0. The van der Waals surface area contributed by atoms with E-state index in [-0.39, 0.29) is 24.3 Å². The molecule has 3 rings (SSSR count). The third-order valence-corrected chi connectivity index (χ3v) is 6.01. The van der Waals surface area contributed by atoms with E-state index >= 15 is 0 Å². The first-order valence-electron chi connectivity index (χ1n) is 10.9. The second-order valence-corrected chi connectivity index (χ2v) is 9.94. The molecular formula is C22H33F2N3O4. The minimum atomic E-state index is -1.82. The average Bonchev–Trinajstić information content (AvgIpc) is 3.11. The molecule has 174 valence electrons. The highest BCUT2D eigenvalue weighted by Gasteiger charge is 2.44. The van der Waals surface area contributed by atoms with Gasteiger partial charge in [-0.1, -0.05) is 12.1 Å². The standard InChI is InChI=1S/C22H33F2N3O4/c1-14-10-16(22(5,24)13-17(14)23)18-11-15(31-25-18)12-19(28)26-6-8-27(9-7-26)20(29)30-21(2,3)4/h13-16H,6-12H2,1-5H3. The Labute approximate surface area is 182 Å². The van der Waals surface area contributed by atoms with Crippen molar-refractivity contribution in [2.45, 2.75) is 71.3 Å². The van der Waals surface area contributed by atoms with Gasteiger partial charge in [-0.15, -0.1) is 0 Å². The summed E-state index contributed by atoms with van der Waals surface area (Å²) in [5.41, 5.74) is -1.84. The molecule has 4 unspecified atom stereocenters. The number of nitrogens with zero attached hydrogens (tertiary/aromatic N) is 3. The summed E-state index contributed by atoms with van der Waals surface area (Å²) in [6.45, 7) is 10.2. The fourth-order valence-electron chi connectivity index (χ4n) is 4.22. The summed E-state index contributed by atoms with van der Waals surface area (Å²) in [5, 5.41) is 4.05. The van der Waals surface area contributed by atoms with Gasteiger partial charge >= 0.3 is 6.09 Å².